The van der Waals surface area contributed by atoms with Crippen molar-refractivity contribution >= 4 is 12.0 Å². The zero-order valence-electron chi connectivity index (χ0n) is 12.3. The molecule has 0 aliphatic rings. The summed E-state index contributed by atoms with van der Waals surface area (Å²) in [6, 6.07) is 6.00. The van der Waals surface area contributed by atoms with Crippen molar-refractivity contribution in [2.75, 3.05) is 13.2 Å². The number of aliphatic hydroxyl groups is 2. The van der Waals surface area contributed by atoms with Crippen LogP contribution in [0.2, 0.25) is 0 Å². The van der Waals surface area contributed by atoms with Crippen molar-refractivity contribution in [2.24, 2.45) is 0 Å². The van der Waals surface area contributed by atoms with Gasteiger partial charge in [0, 0.05) is 6.08 Å². The zero-order valence-corrected chi connectivity index (χ0v) is 12.3. The van der Waals surface area contributed by atoms with E-state index in [4.69, 9.17) is 0 Å². The number of hydrogen-bond donors (Lipinski definition) is 3. The van der Waals surface area contributed by atoms with E-state index in [9.17, 15) is 15.0 Å². The van der Waals surface area contributed by atoms with E-state index in [2.05, 4.69) is 11.4 Å². The molecule has 20 heavy (non-hydrogen) atoms. The summed E-state index contributed by atoms with van der Waals surface area (Å²) in [5, 5.41) is 21.2. The molecule has 0 spiro atoms. The highest BCUT2D eigenvalue weighted by Gasteiger charge is 2.27. The van der Waals surface area contributed by atoms with Crippen LogP contribution in [-0.4, -0.2) is 34.9 Å². The first-order valence-corrected chi connectivity index (χ1v) is 6.75. The SMILES string of the molecule is CCC(CO)(CO)NC(=O)/C=C/c1ccc(C)cc1C. The predicted molar refractivity (Wildman–Crippen MR) is 80.3 cm³/mol. The number of aliphatic hydroxyl groups excluding tert-OH is 2. The maximum Gasteiger partial charge on any atom is 0.244 e. The number of nitrogens with one attached hydrogen (secondary N) is 1. The number of aryl methyl sites for hydroxylation is 2. The van der Waals surface area contributed by atoms with E-state index in [1.165, 1.54) is 11.6 Å². The standard InChI is InChI=1S/C16H23NO3/c1-4-16(10-18,11-19)17-15(20)8-7-14-6-5-12(2)9-13(14)3/h5-9,18-19H,4,10-11H2,1-3H3,(H,17,20)/b8-7+. The van der Waals surface area contributed by atoms with Gasteiger partial charge in [-0.3, -0.25) is 4.79 Å². The molecule has 0 heterocycles. The maximum absolute atomic E-state index is 11.9. The Balaban J connectivity index is 2.77. The highest BCUT2D eigenvalue weighted by molar-refractivity contribution is 5.92. The average Bonchev–Trinajstić information content (AvgIpc) is 2.44. The van der Waals surface area contributed by atoms with Crippen LogP contribution in [0.1, 0.15) is 30.0 Å². The highest BCUT2D eigenvalue weighted by Crippen LogP contribution is 2.13. The molecule has 1 amide bonds. The Morgan fingerprint density at radius 1 is 1.30 bits per heavy atom. The molecule has 1 aromatic rings. The summed E-state index contributed by atoms with van der Waals surface area (Å²) in [6.45, 7) is 5.24. The smallest absolute Gasteiger partial charge is 0.244 e. The van der Waals surface area contributed by atoms with E-state index in [-0.39, 0.29) is 19.1 Å². The van der Waals surface area contributed by atoms with E-state index in [1.54, 1.807) is 13.0 Å². The zero-order chi connectivity index (χ0) is 15.2. The molecule has 1 aromatic carbocycles. The van der Waals surface area contributed by atoms with Crippen LogP contribution < -0.4 is 5.32 Å². The van der Waals surface area contributed by atoms with Crippen molar-refractivity contribution in [2.45, 2.75) is 32.7 Å². The van der Waals surface area contributed by atoms with Gasteiger partial charge < -0.3 is 15.5 Å². The van der Waals surface area contributed by atoms with Crippen LogP contribution in [0.15, 0.2) is 24.3 Å². The molecule has 110 valence electrons. The third-order valence-electron chi connectivity index (χ3n) is 3.51. The number of rotatable bonds is 6. The Morgan fingerprint density at radius 2 is 1.95 bits per heavy atom. The predicted octanol–water partition coefficient (Wildman–Crippen LogP) is 1.57. The normalized spacial score (nSPS) is 11.8. The van der Waals surface area contributed by atoms with Gasteiger partial charge in [0.25, 0.3) is 0 Å². The Labute approximate surface area is 120 Å². The molecule has 1 rings (SSSR count). The monoisotopic (exact) mass is 277 g/mol. The second-order valence-corrected chi connectivity index (χ2v) is 5.13. The van der Waals surface area contributed by atoms with E-state index < -0.39 is 5.54 Å². The summed E-state index contributed by atoms with van der Waals surface area (Å²) in [7, 11) is 0. The second kappa shape index (κ2) is 7.22. The fourth-order valence-corrected chi connectivity index (χ4v) is 1.92. The molecule has 0 unspecified atom stereocenters. The van der Waals surface area contributed by atoms with Gasteiger partial charge in [0.05, 0.1) is 18.8 Å². The number of carbonyl (C=O) groups excluding carboxylic acids is 1. The van der Waals surface area contributed by atoms with Gasteiger partial charge in [0.2, 0.25) is 5.91 Å². The molecule has 0 saturated heterocycles. The lowest BCUT2D eigenvalue weighted by Gasteiger charge is -2.29. The quantitative estimate of drug-likeness (QED) is 0.691. The molecular weight excluding hydrogens is 254 g/mol. The second-order valence-electron chi connectivity index (χ2n) is 5.13. The fourth-order valence-electron chi connectivity index (χ4n) is 1.92. The molecule has 0 bridgehead atoms. The summed E-state index contributed by atoms with van der Waals surface area (Å²) in [4.78, 5) is 11.9. The lowest BCUT2D eigenvalue weighted by atomic mass is 9.98. The van der Waals surface area contributed by atoms with E-state index in [1.807, 2.05) is 26.0 Å². The molecule has 0 radical (unpaired) electrons. The number of carbonyl (C=O) groups is 1. The first kappa shape index (κ1) is 16.4. The molecule has 4 nitrogen and oxygen atoms in total. The molecule has 0 fully saturated rings. The minimum absolute atomic E-state index is 0.289. The molecule has 4 heteroatoms. The summed E-state index contributed by atoms with van der Waals surface area (Å²) in [6.07, 6.45) is 3.62. The third-order valence-corrected chi connectivity index (χ3v) is 3.51. The Hall–Kier alpha value is -1.65. The number of benzene rings is 1. The van der Waals surface area contributed by atoms with Crippen LogP contribution in [0.5, 0.6) is 0 Å². The van der Waals surface area contributed by atoms with Crippen molar-refractivity contribution in [3.05, 3.63) is 41.0 Å². The Bertz CT molecular complexity index is 482. The topological polar surface area (TPSA) is 69.6 Å². The number of hydrogen-bond acceptors (Lipinski definition) is 3. The number of amides is 1. The van der Waals surface area contributed by atoms with Crippen molar-refractivity contribution < 1.29 is 15.0 Å². The van der Waals surface area contributed by atoms with Crippen molar-refractivity contribution in [3.63, 3.8) is 0 Å². The minimum atomic E-state index is -0.955. The first-order valence-electron chi connectivity index (χ1n) is 6.75. The van der Waals surface area contributed by atoms with E-state index in [0.717, 1.165) is 11.1 Å². The van der Waals surface area contributed by atoms with Crippen LogP contribution in [0.4, 0.5) is 0 Å². The largest absolute Gasteiger partial charge is 0.394 e. The van der Waals surface area contributed by atoms with Gasteiger partial charge in [-0.1, -0.05) is 30.7 Å². The molecule has 0 atom stereocenters. The molecule has 0 aliphatic heterocycles. The summed E-state index contributed by atoms with van der Waals surface area (Å²) in [5.74, 6) is -0.324. The summed E-state index contributed by atoms with van der Waals surface area (Å²) >= 11 is 0. The molecule has 3 N–H and O–H groups in total. The molecule has 0 aliphatic carbocycles. The van der Waals surface area contributed by atoms with Gasteiger partial charge in [-0.25, -0.2) is 0 Å². The van der Waals surface area contributed by atoms with E-state index in [0.29, 0.717) is 6.42 Å². The van der Waals surface area contributed by atoms with Gasteiger partial charge in [0.15, 0.2) is 0 Å². The van der Waals surface area contributed by atoms with Gasteiger partial charge in [-0.2, -0.15) is 0 Å². The fraction of sp³-hybridized carbons (Fsp3) is 0.438. The molecule has 0 saturated carbocycles. The maximum atomic E-state index is 11.9. The lowest BCUT2D eigenvalue weighted by molar-refractivity contribution is -0.119. The molecule has 0 aromatic heterocycles. The lowest BCUT2D eigenvalue weighted by Crippen LogP contribution is -2.53. The van der Waals surface area contributed by atoms with Gasteiger partial charge in [-0.15, -0.1) is 0 Å². The van der Waals surface area contributed by atoms with Gasteiger partial charge in [-0.05, 0) is 37.5 Å². The van der Waals surface area contributed by atoms with Crippen LogP contribution >= 0.6 is 0 Å². The van der Waals surface area contributed by atoms with E-state index >= 15 is 0 Å². The van der Waals surface area contributed by atoms with Gasteiger partial charge >= 0.3 is 0 Å². The highest BCUT2D eigenvalue weighted by atomic mass is 16.3. The van der Waals surface area contributed by atoms with Crippen LogP contribution in [0, 0.1) is 13.8 Å². The van der Waals surface area contributed by atoms with Crippen molar-refractivity contribution in [3.8, 4) is 0 Å². The average molecular weight is 277 g/mol. The van der Waals surface area contributed by atoms with Crippen molar-refractivity contribution in [1.82, 2.24) is 5.32 Å². The van der Waals surface area contributed by atoms with Crippen LogP contribution in [-0.2, 0) is 4.79 Å². The van der Waals surface area contributed by atoms with Crippen molar-refractivity contribution in [1.29, 1.82) is 0 Å². The third kappa shape index (κ3) is 4.18. The van der Waals surface area contributed by atoms with Crippen LogP contribution in [0.25, 0.3) is 6.08 Å². The molecular formula is C16H23NO3. The van der Waals surface area contributed by atoms with Crippen LogP contribution in [0.3, 0.4) is 0 Å². The Kier molecular flexibility index (Phi) is 5.92. The summed E-state index contributed by atoms with van der Waals surface area (Å²) < 4.78 is 0. The summed E-state index contributed by atoms with van der Waals surface area (Å²) in [5.41, 5.74) is 2.29. The minimum Gasteiger partial charge on any atom is -0.394 e. The first-order chi connectivity index (χ1) is 9.46. The Morgan fingerprint density at radius 3 is 2.45 bits per heavy atom. The van der Waals surface area contributed by atoms with Gasteiger partial charge in [0.1, 0.15) is 0 Å².